The Morgan fingerprint density at radius 2 is 1.36 bits per heavy atom. The van der Waals surface area contributed by atoms with Gasteiger partial charge in [-0.2, -0.15) is 0 Å². The zero-order valence-corrected chi connectivity index (χ0v) is 13.3. The Morgan fingerprint density at radius 1 is 0.864 bits per heavy atom. The molecular weight excluding hydrogens is 292 g/mol. The van der Waals surface area contributed by atoms with Crippen molar-refractivity contribution in [2.45, 2.75) is 34.1 Å². The molecule has 1 aromatic rings. The fraction of sp³-hybridized carbons (Fsp3) is 0.533. The fourth-order valence-corrected chi connectivity index (χ4v) is 2.07. The molecule has 1 rings (SSSR count). The molecule has 0 amide bonds. The van der Waals surface area contributed by atoms with Gasteiger partial charge in [-0.25, -0.2) is 4.79 Å². The lowest BCUT2D eigenvalue weighted by Gasteiger charge is -2.21. The van der Waals surface area contributed by atoms with Crippen molar-refractivity contribution >= 4 is 6.16 Å². The summed E-state index contributed by atoms with van der Waals surface area (Å²) < 4.78 is 21.3. The van der Waals surface area contributed by atoms with E-state index in [4.69, 9.17) is 24.1 Å². The van der Waals surface area contributed by atoms with Gasteiger partial charge in [0.25, 0.3) is 0 Å². The highest BCUT2D eigenvalue weighted by atomic mass is 16.7. The second-order valence-electron chi connectivity index (χ2n) is 4.16. The average molecular weight is 314 g/mol. The van der Waals surface area contributed by atoms with Crippen molar-refractivity contribution in [3.05, 3.63) is 5.56 Å². The largest absolute Gasteiger partial charge is 0.511 e. The molecule has 1 aromatic carbocycles. The summed E-state index contributed by atoms with van der Waals surface area (Å²) >= 11 is 0. The van der Waals surface area contributed by atoms with Crippen LogP contribution in [0.5, 0.6) is 28.7 Å². The topological polar surface area (TPSA) is 94.5 Å². The second kappa shape index (κ2) is 8.21. The fourth-order valence-electron chi connectivity index (χ4n) is 2.07. The van der Waals surface area contributed by atoms with Crippen molar-refractivity contribution in [1.29, 1.82) is 0 Å². The molecule has 0 fully saturated rings. The molecule has 7 nitrogen and oxygen atoms in total. The van der Waals surface area contributed by atoms with Crippen LogP contribution in [0.1, 0.15) is 33.3 Å². The molecule has 0 aromatic heterocycles. The Hall–Kier alpha value is -2.31. The highest BCUT2D eigenvalue weighted by Gasteiger charge is 2.29. The quantitative estimate of drug-likeness (QED) is 0.562. The van der Waals surface area contributed by atoms with Crippen molar-refractivity contribution < 1.29 is 34.0 Å². The molecular formula is C15H22O7. The van der Waals surface area contributed by atoms with Gasteiger partial charge in [-0.3, -0.25) is 0 Å². The third-order valence-electron chi connectivity index (χ3n) is 2.80. The van der Waals surface area contributed by atoms with Crippen molar-refractivity contribution in [2.75, 3.05) is 19.8 Å². The van der Waals surface area contributed by atoms with Crippen LogP contribution in [-0.2, 0) is 6.42 Å². The summed E-state index contributed by atoms with van der Waals surface area (Å²) in [5.74, 6) is -0.0118. The number of hydrogen-bond acceptors (Lipinski definition) is 6. The van der Waals surface area contributed by atoms with Crippen LogP contribution in [0.3, 0.4) is 0 Å². The molecule has 0 radical (unpaired) electrons. The molecule has 0 heterocycles. The number of hydrogen-bond donors (Lipinski definition) is 2. The summed E-state index contributed by atoms with van der Waals surface area (Å²) in [4.78, 5) is 10.9. The number of aromatic hydroxyl groups is 1. The highest BCUT2D eigenvalue weighted by Crippen LogP contribution is 2.53. The van der Waals surface area contributed by atoms with Gasteiger partial charge in [0, 0.05) is 5.56 Å². The van der Waals surface area contributed by atoms with Gasteiger partial charge < -0.3 is 29.2 Å². The van der Waals surface area contributed by atoms with E-state index in [2.05, 4.69) is 0 Å². The normalized spacial score (nSPS) is 10.2. The number of carbonyl (C=O) groups is 1. The van der Waals surface area contributed by atoms with E-state index in [1.54, 1.807) is 27.7 Å². The average Bonchev–Trinajstić information content (AvgIpc) is 2.47. The van der Waals surface area contributed by atoms with Crippen LogP contribution in [0.4, 0.5) is 4.79 Å². The van der Waals surface area contributed by atoms with Gasteiger partial charge in [0.15, 0.2) is 11.5 Å². The second-order valence-corrected chi connectivity index (χ2v) is 4.16. The lowest BCUT2D eigenvalue weighted by Crippen LogP contribution is -2.10. The smallest absolute Gasteiger partial charge is 0.502 e. The summed E-state index contributed by atoms with van der Waals surface area (Å²) in [6, 6.07) is 0. The molecule has 0 unspecified atom stereocenters. The van der Waals surface area contributed by atoms with Crippen molar-refractivity contribution in [3.8, 4) is 28.7 Å². The first-order valence-corrected chi connectivity index (χ1v) is 7.22. The van der Waals surface area contributed by atoms with Crippen LogP contribution in [0.2, 0.25) is 0 Å². The summed E-state index contributed by atoms with van der Waals surface area (Å²) in [6.45, 7) is 8.05. The van der Waals surface area contributed by atoms with E-state index in [1.165, 1.54) is 0 Å². The summed E-state index contributed by atoms with van der Waals surface area (Å²) in [6.07, 6.45) is -1.14. The molecule has 0 aliphatic carbocycles. The molecule has 22 heavy (non-hydrogen) atoms. The number of ether oxygens (including phenoxy) is 4. The number of rotatable bonds is 8. The number of phenols is 1. The van der Waals surface area contributed by atoms with Gasteiger partial charge in [-0.1, -0.05) is 6.92 Å². The van der Waals surface area contributed by atoms with E-state index in [0.29, 0.717) is 30.9 Å². The predicted octanol–water partition coefficient (Wildman–Crippen LogP) is 3.21. The van der Waals surface area contributed by atoms with Crippen LogP contribution >= 0.6 is 0 Å². The van der Waals surface area contributed by atoms with Crippen LogP contribution in [0, 0.1) is 0 Å². The van der Waals surface area contributed by atoms with Crippen LogP contribution in [0.25, 0.3) is 0 Å². The van der Waals surface area contributed by atoms with Crippen LogP contribution < -0.4 is 18.9 Å². The number of phenolic OH excluding ortho intramolecular Hbond substituents is 1. The molecule has 0 spiro atoms. The van der Waals surface area contributed by atoms with Crippen molar-refractivity contribution in [2.24, 2.45) is 0 Å². The Kier molecular flexibility index (Phi) is 6.62. The Morgan fingerprint density at radius 3 is 1.82 bits per heavy atom. The maximum Gasteiger partial charge on any atom is 0.511 e. The van der Waals surface area contributed by atoms with Gasteiger partial charge in [0.05, 0.1) is 19.8 Å². The molecule has 124 valence electrons. The highest BCUT2D eigenvalue weighted by molar-refractivity contribution is 5.73. The first-order chi connectivity index (χ1) is 10.5. The molecule has 0 aliphatic rings. The summed E-state index contributed by atoms with van der Waals surface area (Å²) in [5, 5.41) is 19.2. The van der Waals surface area contributed by atoms with Crippen molar-refractivity contribution in [1.82, 2.24) is 0 Å². The molecule has 0 saturated carbocycles. The van der Waals surface area contributed by atoms with Gasteiger partial charge in [0.1, 0.15) is 0 Å². The van der Waals surface area contributed by atoms with E-state index in [-0.39, 0.29) is 23.9 Å². The van der Waals surface area contributed by atoms with E-state index in [1.807, 2.05) is 0 Å². The minimum absolute atomic E-state index is 0.0150. The van der Waals surface area contributed by atoms with Gasteiger partial charge in [0.2, 0.25) is 17.2 Å². The number of benzene rings is 1. The minimum atomic E-state index is -1.53. The zero-order valence-electron chi connectivity index (χ0n) is 13.3. The Bertz CT molecular complexity index is 525. The molecule has 0 aliphatic heterocycles. The summed E-state index contributed by atoms with van der Waals surface area (Å²) in [5.41, 5.74) is 0.411. The molecule has 0 saturated heterocycles. The van der Waals surface area contributed by atoms with Crippen molar-refractivity contribution in [3.63, 3.8) is 0 Å². The molecule has 0 atom stereocenters. The lowest BCUT2D eigenvalue weighted by molar-refractivity contribution is 0.141. The zero-order chi connectivity index (χ0) is 16.7. The van der Waals surface area contributed by atoms with Crippen LogP contribution in [-0.4, -0.2) is 36.2 Å². The Balaban J connectivity index is 3.66. The van der Waals surface area contributed by atoms with E-state index < -0.39 is 11.9 Å². The van der Waals surface area contributed by atoms with Gasteiger partial charge in [-0.15, -0.1) is 0 Å². The standard InChI is InChI=1S/C15H22O7/c1-5-9-11(22-15(17)18)10(16)13(20-7-3)14(21-8-4)12(9)19-6-2/h16H,5-8H2,1-4H3,(H,17,18). The maximum atomic E-state index is 10.9. The van der Waals surface area contributed by atoms with E-state index in [0.717, 1.165) is 0 Å². The van der Waals surface area contributed by atoms with Crippen LogP contribution in [0.15, 0.2) is 0 Å². The lowest BCUT2D eigenvalue weighted by atomic mass is 10.1. The van der Waals surface area contributed by atoms with E-state index in [9.17, 15) is 9.90 Å². The maximum absolute atomic E-state index is 10.9. The molecule has 7 heteroatoms. The first kappa shape index (κ1) is 17.7. The SMILES string of the molecule is CCOc1c(O)c(OC(=O)O)c(CC)c(OCC)c1OCC. The summed E-state index contributed by atoms with van der Waals surface area (Å²) in [7, 11) is 0. The van der Waals surface area contributed by atoms with Gasteiger partial charge >= 0.3 is 6.16 Å². The third-order valence-corrected chi connectivity index (χ3v) is 2.80. The van der Waals surface area contributed by atoms with Gasteiger partial charge in [-0.05, 0) is 27.2 Å². The minimum Gasteiger partial charge on any atom is -0.502 e. The van der Waals surface area contributed by atoms with E-state index >= 15 is 0 Å². The first-order valence-electron chi connectivity index (χ1n) is 7.22. The molecule has 2 N–H and O–H groups in total. The Labute approximate surface area is 129 Å². The third kappa shape index (κ3) is 3.66. The predicted molar refractivity (Wildman–Crippen MR) is 79.6 cm³/mol. The molecule has 0 bridgehead atoms. The monoisotopic (exact) mass is 314 g/mol. The number of carboxylic acid groups (broad SMARTS) is 1.